The topological polar surface area (TPSA) is 61.9 Å². The second-order valence-electron chi connectivity index (χ2n) is 7.27. The van der Waals surface area contributed by atoms with Crippen LogP contribution in [0.2, 0.25) is 0 Å². The Bertz CT molecular complexity index is 1010. The van der Waals surface area contributed by atoms with E-state index in [2.05, 4.69) is 46.8 Å². The summed E-state index contributed by atoms with van der Waals surface area (Å²) in [5.41, 5.74) is 6.30. The fourth-order valence-electron chi connectivity index (χ4n) is 3.57. The fraction of sp³-hybridized carbons (Fsp3) is 0.409. The van der Waals surface area contributed by atoms with E-state index in [0.29, 0.717) is 12.4 Å². The number of benzene rings is 1. The van der Waals surface area contributed by atoms with Gasteiger partial charge in [0.2, 0.25) is 0 Å². The van der Waals surface area contributed by atoms with Crippen molar-refractivity contribution in [2.24, 2.45) is 0 Å². The highest BCUT2D eigenvalue weighted by Gasteiger charge is 2.18. The van der Waals surface area contributed by atoms with Gasteiger partial charge in [0.05, 0.1) is 11.4 Å². The van der Waals surface area contributed by atoms with Crippen LogP contribution in [-0.2, 0) is 11.3 Å². The highest BCUT2D eigenvalue weighted by Crippen LogP contribution is 2.24. The molecule has 154 valence electrons. The minimum absolute atomic E-state index is 0.108. The van der Waals surface area contributed by atoms with Crippen molar-refractivity contribution in [3.63, 3.8) is 0 Å². The van der Waals surface area contributed by atoms with Gasteiger partial charge in [0.1, 0.15) is 6.33 Å². The first-order valence-electron chi connectivity index (χ1n) is 9.71. The molecule has 7 heteroatoms. The number of methoxy groups -OCH3 is 1. The van der Waals surface area contributed by atoms with E-state index in [1.165, 1.54) is 17.3 Å². The molecule has 0 amide bonds. The fourth-order valence-corrected chi connectivity index (χ4v) is 4.37. The number of ketones is 1. The maximum atomic E-state index is 12.9. The van der Waals surface area contributed by atoms with Crippen molar-refractivity contribution in [1.29, 1.82) is 0 Å². The quantitative estimate of drug-likeness (QED) is 0.298. The Morgan fingerprint density at radius 1 is 1.17 bits per heavy atom. The first-order chi connectivity index (χ1) is 13.9. The predicted molar refractivity (Wildman–Crippen MR) is 116 cm³/mol. The van der Waals surface area contributed by atoms with Gasteiger partial charge in [0.25, 0.3) is 0 Å². The van der Waals surface area contributed by atoms with Gasteiger partial charge < -0.3 is 9.30 Å². The Kier molecular flexibility index (Phi) is 6.92. The van der Waals surface area contributed by atoms with E-state index in [9.17, 15) is 4.79 Å². The van der Waals surface area contributed by atoms with E-state index < -0.39 is 0 Å². The SMILES string of the molecule is COCCCn1c(C)cc(C(=O)CSc2nncn2-c2ccc(C)cc2C)c1C. The molecule has 2 aromatic heterocycles. The molecule has 0 saturated carbocycles. The number of Topliss-reactive ketones (excluding diaryl/α,β-unsaturated/α-hetero) is 1. The predicted octanol–water partition coefficient (Wildman–Crippen LogP) is 4.31. The van der Waals surface area contributed by atoms with Gasteiger partial charge in [-0.25, -0.2) is 0 Å². The highest BCUT2D eigenvalue weighted by molar-refractivity contribution is 7.99. The molecule has 0 N–H and O–H groups in total. The molecule has 29 heavy (non-hydrogen) atoms. The minimum atomic E-state index is 0.108. The molecular formula is C22H28N4O2S. The van der Waals surface area contributed by atoms with Crippen LogP contribution in [0.15, 0.2) is 35.7 Å². The molecule has 0 unspecified atom stereocenters. The van der Waals surface area contributed by atoms with Gasteiger partial charge in [-0.2, -0.15) is 0 Å². The van der Waals surface area contributed by atoms with Crippen molar-refractivity contribution in [3.8, 4) is 5.69 Å². The van der Waals surface area contributed by atoms with E-state index in [4.69, 9.17) is 4.74 Å². The molecule has 0 aliphatic heterocycles. The Morgan fingerprint density at radius 3 is 2.69 bits per heavy atom. The van der Waals surface area contributed by atoms with Gasteiger partial charge in [-0.05, 0) is 51.8 Å². The van der Waals surface area contributed by atoms with Crippen LogP contribution in [0.1, 0.15) is 39.3 Å². The van der Waals surface area contributed by atoms with E-state index in [1.807, 2.05) is 24.5 Å². The average molecular weight is 413 g/mol. The molecule has 0 bridgehead atoms. The molecule has 0 fully saturated rings. The van der Waals surface area contributed by atoms with E-state index in [0.717, 1.165) is 46.3 Å². The molecule has 6 nitrogen and oxygen atoms in total. The summed E-state index contributed by atoms with van der Waals surface area (Å²) in [7, 11) is 1.71. The van der Waals surface area contributed by atoms with Gasteiger partial charge in [-0.3, -0.25) is 9.36 Å². The Morgan fingerprint density at radius 2 is 1.97 bits per heavy atom. The lowest BCUT2D eigenvalue weighted by Crippen LogP contribution is -2.08. The Balaban J connectivity index is 1.73. The molecule has 3 aromatic rings. The molecule has 0 radical (unpaired) electrons. The molecule has 0 aliphatic carbocycles. The number of carbonyl (C=O) groups excluding carboxylic acids is 1. The van der Waals surface area contributed by atoms with Crippen molar-refractivity contribution in [2.45, 2.75) is 45.8 Å². The number of nitrogens with zero attached hydrogens (tertiary/aromatic N) is 4. The van der Waals surface area contributed by atoms with Crippen molar-refractivity contribution in [3.05, 3.63) is 58.7 Å². The number of hydrogen-bond donors (Lipinski definition) is 0. The van der Waals surface area contributed by atoms with Crippen molar-refractivity contribution < 1.29 is 9.53 Å². The second-order valence-corrected chi connectivity index (χ2v) is 8.21. The third-order valence-electron chi connectivity index (χ3n) is 5.06. The lowest BCUT2D eigenvalue weighted by atomic mass is 10.1. The monoisotopic (exact) mass is 412 g/mol. The molecule has 0 aliphatic rings. The van der Waals surface area contributed by atoms with Crippen LogP contribution >= 0.6 is 11.8 Å². The van der Waals surface area contributed by atoms with Gasteiger partial charge in [-0.1, -0.05) is 29.5 Å². The lowest BCUT2D eigenvalue weighted by Gasteiger charge is -2.10. The Labute approximate surface area is 176 Å². The highest BCUT2D eigenvalue weighted by atomic mass is 32.2. The summed E-state index contributed by atoms with van der Waals surface area (Å²) >= 11 is 1.42. The number of ether oxygens (including phenoxy) is 1. The first-order valence-corrected chi connectivity index (χ1v) is 10.7. The largest absolute Gasteiger partial charge is 0.385 e. The summed E-state index contributed by atoms with van der Waals surface area (Å²) in [6.45, 7) is 9.76. The first kappa shape index (κ1) is 21.3. The molecule has 0 spiro atoms. The number of rotatable bonds is 9. The Hall–Kier alpha value is -2.38. The number of aryl methyl sites for hydroxylation is 3. The van der Waals surface area contributed by atoms with Crippen LogP contribution in [0.3, 0.4) is 0 Å². The summed E-state index contributed by atoms with van der Waals surface area (Å²) in [6.07, 6.45) is 2.63. The zero-order valence-electron chi connectivity index (χ0n) is 17.7. The molecule has 2 heterocycles. The summed E-state index contributed by atoms with van der Waals surface area (Å²) in [4.78, 5) is 12.9. The second kappa shape index (κ2) is 9.41. The molecular weight excluding hydrogens is 384 g/mol. The van der Waals surface area contributed by atoms with E-state index in [-0.39, 0.29) is 5.78 Å². The van der Waals surface area contributed by atoms with Crippen molar-refractivity contribution in [2.75, 3.05) is 19.5 Å². The zero-order chi connectivity index (χ0) is 21.0. The maximum Gasteiger partial charge on any atom is 0.196 e. The van der Waals surface area contributed by atoms with Crippen molar-refractivity contribution >= 4 is 17.5 Å². The van der Waals surface area contributed by atoms with Gasteiger partial charge in [-0.15, -0.1) is 10.2 Å². The normalized spacial score (nSPS) is 11.2. The standard InChI is InChI=1S/C22H28N4O2S/c1-15-7-8-20(16(2)11-15)26-14-23-24-22(26)29-13-21(27)19-12-17(3)25(18(19)4)9-6-10-28-5/h7-8,11-12,14H,6,9-10,13H2,1-5H3. The van der Waals surface area contributed by atoms with E-state index in [1.54, 1.807) is 13.4 Å². The van der Waals surface area contributed by atoms with Crippen LogP contribution in [0.25, 0.3) is 5.69 Å². The van der Waals surface area contributed by atoms with Gasteiger partial charge in [0.15, 0.2) is 10.9 Å². The molecule has 0 saturated heterocycles. The average Bonchev–Trinajstić information content (AvgIpc) is 3.25. The van der Waals surface area contributed by atoms with Crippen LogP contribution < -0.4 is 0 Å². The van der Waals surface area contributed by atoms with Crippen LogP contribution in [0, 0.1) is 27.7 Å². The molecule has 1 aromatic carbocycles. The van der Waals surface area contributed by atoms with Gasteiger partial charge in [0, 0.05) is 37.2 Å². The summed E-state index contributed by atoms with van der Waals surface area (Å²) in [5.74, 6) is 0.433. The number of thioether (sulfide) groups is 1. The third-order valence-corrected chi connectivity index (χ3v) is 6.01. The number of hydrogen-bond acceptors (Lipinski definition) is 5. The zero-order valence-corrected chi connectivity index (χ0v) is 18.5. The summed E-state index contributed by atoms with van der Waals surface area (Å²) in [6, 6.07) is 8.25. The molecule has 0 atom stereocenters. The summed E-state index contributed by atoms with van der Waals surface area (Å²) < 4.78 is 9.28. The third kappa shape index (κ3) is 4.79. The number of carbonyl (C=O) groups is 1. The smallest absolute Gasteiger partial charge is 0.196 e. The maximum absolute atomic E-state index is 12.9. The molecule has 3 rings (SSSR count). The lowest BCUT2D eigenvalue weighted by molar-refractivity contribution is 0.102. The van der Waals surface area contributed by atoms with Gasteiger partial charge >= 0.3 is 0 Å². The van der Waals surface area contributed by atoms with E-state index >= 15 is 0 Å². The number of aromatic nitrogens is 4. The van der Waals surface area contributed by atoms with Crippen LogP contribution in [0.5, 0.6) is 0 Å². The van der Waals surface area contributed by atoms with Crippen LogP contribution in [-0.4, -0.2) is 44.6 Å². The van der Waals surface area contributed by atoms with Crippen LogP contribution in [0.4, 0.5) is 0 Å². The minimum Gasteiger partial charge on any atom is -0.385 e. The van der Waals surface area contributed by atoms with Crippen molar-refractivity contribution in [1.82, 2.24) is 19.3 Å². The summed E-state index contributed by atoms with van der Waals surface area (Å²) in [5, 5.41) is 9.00.